The zero-order valence-electron chi connectivity index (χ0n) is 8.54. The van der Waals surface area contributed by atoms with Gasteiger partial charge in [0.05, 0.1) is 14.4 Å². The number of ether oxygens (including phenoxy) is 1. The van der Waals surface area contributed by atoms with Gasteiger partial charge in [-0.15, -0.1) is 11.3 Å². The Bertz CT molecular complexity index is 500. The van der Waals surface area contributed by atoms with Crippen molar-refractivity contribution in [3.8, 4) is 5.75 Å². The van der Waals surface area contributed by atoms with Crippen molar-refractivity contribution in [3.63, 3.8) is 0 Å². The van der Waals surface area contributed by atoms with E-state index in [1.165, 1.54) is 12.1 Å². The highest BCUT2D eigenvalue weighted by molar-refractivity contribution is 9.10. The van der Waals surface area contributed by atoms with Gasteiger partial charge in [-0.25, -0.2) is 9.37 Å². The van der Waals surface area contributed by atoms with Crippen LogP contribution in [0.1, 0.15) is 9.88 Å². The highest BCUT2D eigenvalue weighted by Gasteiger charge is 2.04. The number of thiazole rings is 1. The second-order valence-electron chi connectivity index (χ2n) is 3.21. The Kier molecular flexibility index (Phi) is 3.56. The van der Waals surface area contributed by atoms with Crippen LogP contribution in [-0.4, -0.2) is 4.98 Å². The molecule has 1 aromatic carbocycles. The Labute approximate surface area is 105 Å². The summed E-state index contributed by atoms with van der Waals surface area (Å²) in [7, 11) is 0. The molecular weight excluding hydrogens is 293 g/mol. The molecule has 0 saturated carbocycles. The third-order valence-corrected chi connectivity index (χ3v) is 3.44. The Morgan fingerprint density at radius 2 is 2.31 bits per heavy atom. The Hall–Kier alpha value is -0.940. The molecule has 0 amide bonds. The van der Waals surface area contributed by atoms with Gasteiger partial charge < -0.3 is 4.74 Å². The van der Waals surface area contributed by atoms with E-state index in [1.54, 1.807) is 23.6 Å². The van der Waals surface area contributed by atoms with E-state index >= 15 is 0 Å². The molecule has 5 heteroatoms. The zero-order chi connectivity index (χ0) is 11.5. The monoisotopic (exact) mass is 301 g/mol. The molecule has 1 aromatic heterocycles. The average Bonchev–Trinajstić information content (AvgIpc) is 2.63. The molecule has 1 heterocycles. The molecule has 84 valence electrons. The van der Waals surface area contributed by atoms with Crippen molar-refractivity contribution in [2.75, 3.05) is 0 Å². The summed E-state index contributed by atoms with van der Waals surface area (Å²) in [6.07, 6.45) is 1.79. The number of rotatable bonds is 3. The summed E-state index contributed by atoms with van der Waals surface area (Å²) in [4.78, 5) is 5.18. The molecule has 0 spiro atoms. The lowest BCUT2D eigenvalue weighted by atomic mass is 10.3. The predicted octanol–water partition coefficient (Wildman–Crippen LogP) is 3.93. The SMILES string of the molecule is Cc1ncc(COc2ccc(F)cc2Br)s1. The molecule has 0 aliphatic heterocycles. The summed E-state index contributed by atoms with van der Waals surface area (Å²) < 4.78 is 19.0. The van der Waals surface area contributed by atoms with Crippen LogP contribution in [0.25, 0.3) is 0 Å². The number of halogens is 2. The maximum atomic E-state index is 12.8. The van der Waals surface area contributed by atoms with E-state index in [9.17, 15) is 4.39 Å². The maximum Gasteiger partial charge on any atom is 0.134 e. The fourth-order valence-electron chi connectivity index (χ4n) is 1.21. The van der Waals surface area contributed by atoms with Crippen molar-refractivity contribution in [1.82, 2.24) is 4.98 Å². The summed E-state index contributed by atoms with van der Waals surface area (Å²) in [6, 6.07) is 4.36. The minimum atomic E-state index is -0.284. The van der Waals surface area contributed by atoms with E-state index in [-0.39, 0.29) is 5.82 Å². The highest BCUT2D eigenvalue weighted by Crippen LogP contribution is 2.26. The Balaban J connectivity index is 2.04. The average molecular weight is 302 g/mol. The Morgan fingerprint density at radius 3 is 2.94 bits per heavy atom. The molecule has 0 aliphatic carbocycles. The molecule has 0 fully saturated rings. The number of hydrogen-bond acceptors (Lipinski definition) is 3. The van der Waals surface area contributed by atoms with Gasteiger partial charge in [0.15, 0.2) is 0 Å². The fourth-order valence-corrected chi connectivity index (χ4v) is 2.39. The van der Waals surface area contributed by atoms with Crippen LogP contribution in [0.5, 0.6) is 5.75 Å². The van der Waals surface area contributed by atoms with E-state index in [4.69, 9.17) is 4.74 Å². The van der Waals surface area contributed by atoms with Crippen molar-refractivity contribution in [3.05, 3.63) is 44.6 Å². The number of aromatic nitrogens is 1. The summed E-state index contributed by atoms with van der Waals surface area (Å²) in [6.45, 7) is 2.40. The number of nitrogens with zero attached hydrogens (tertiary/aromatic N) is 1. The van der Waals surface area contributed by atoms with Gasteiger partial charge >= 0.3 is 0 Å². The lowest BCUT2D eigenvalue weighted by Crippen LogP contribution is -1.93. The lowest BCUT2D eigenvalue weighted by molar-refractivity contribution is 0.307. The molecule has 0 unspecified atom stereocenters. The smallest absolute Gasteiger partial charge is 0.134 e. The van der Waals surface area contributed by atoms with Crippen LogP contribution in [0.15, 0.2) is 28.9 Å². The first kappa shape index (κ1) is 11.5. The van der Waals surface area contributed by atoms with Crippen LogP contribution in [0.2, 0.25) is 0 Å². The minimum absolute atomic E-state index is 0.284. The molecule has 0 N–H and O–H groups in total. The molecule has 0 radical (unpaired) electrons. The molecule has 0 atom stereocenters. The van der Waals surface area contributed by atoms with Gasteiger partial charge in [0.25, 0.3) is 0 Å². The fraction of sp³-hybridized carbons (Fsp3) is 0.182. The second kappa shape index (κ2) is 4.93. The summed E-state index contributed by atoms with van der Waals surface area (Å²) in [5.41, 5.74) is 0. The predicted molar refractivity (Wildman–Crippen MR) is 65.3 cm³/mol. The second-order valence-corrected chi connectivity index (χ2v) is 5.38. The molecular formula is C11H9BrFNOS. The molecule has 16 heavy (non-hydrogen) atoms. The third-order valence-electron chi connectivity index (χ3n) is 1.93. The first-order valence-corrected chi connectivity index (χ1v) is 6.25. The zero-order valence-corrected chi connectivity index (χ0v) is 10.9. The van der Waals surface area contributed by atoms with E-state index < -0.39 is 0 Å². The summed E-state index contributed by atoms with van der Waals surface area (Å²) >= 11 is 4.84. The standard InChI is InChI=1S/C11H9BrFNOS/c1-7-14-5-9(16-7)6-15-11-3-2-8(13)4-10(11)12/h2-5H,6H2,1H3. The third kappa shape index (κ3) is 2.80. The number of aryl methyl sites for hydroxylation is 1. The summed E-state index contributed by atoms with van der Waals surface area (Å²) in [5.74, 6) is 0.348. The number of benzene rings is 1. The first-order chi connectivity index (χ1) is 7.65. The van der Waals surface area contributed by atoms with Gasteiger partial charge in [-0.2, -0.15) is 0 Å². The van der Waals surface area contributed by atoms with Crippen LogP contribution in [0.4, 0.5) is 4.39 Å². The minimum Gasteiger partial charge on any atom is -0.487 e. The lowest BCUT2D eigenvalue weighted by Gasteiger charge is -2.06. The van der Waals surface area contributed by atoms with Crippen molar-refractivity contribution < 1.29 is 9.13 Å². The summed E-state index contributed by atoms with van der Waals surface area (Å²) in [5, 5.41) is 1.01. The van der Waals surface area contributed by atoms with Crippen LogP contribution in [0.3, 0.4) is 0 Å². The van der Waals surface area contributed by atoms with Gasteiger partial charge in [0.1, 0.15) is 18.2 Å². The van der Waals surface area contributed by atoms with Crippen LogP contribution >= 0.6 is 27.3 Å². The normalized spacial score (nSPS) is 10.4. The molecule has 0 saturated heterocycles. The van der Waals surface area contributed by atoms with E-state index in [0.29, 0.717) is 16.8 Å². The van der Waals surface area contributed by atoms with Crippen molar-refractivity contribution in [1.29, 1.82) is 0 Å². The quantitative estimate of drug-likeness (QED) is 0.857. The van der Waals surface area contributed by atoms with Crippen LogP contribution in [-0.2, 0) is 6.61 Å². The molecule has 2 nitrogen and oxygen atoms in total. The molecule has 2 aromatic rings. The van der Waals surface area contributed by atoms with E-state index in [0.717, 1.165) is 9.88 Å². The van der Waals surface area contributed by atoms with Crippen molar-refractivity contribution in [2.24, 2.45) is 0 Å². The molecule has 2 rings (SSSR count). The topological polar surface area (TPSA) is 22.1 Å². The van der Waals surface area contributed by atoms with Gasteiger partial charge in [-0.3, -0.25) is 0 Å². The van der Waals surface area contributed by atoms with Crippen molar-refractivity contribution >= 4 is 27.3 Å². The van der Waals surface area contributed by atoms with Gasteiger partial charge in [0, 0.05) is 6.20 Å². The van der Waals surface area contributed by atoms with E-state index in [2.05, 4.69) is 20.9 Å². The number of hydrogen-bond donors (Lipinski definition) is 0. The van der Waals surface area contributed by atoms with Crippen LogP contribution in [0, 0.1) is 12.7 Å². The van der Waals surface area contributed by atoms with Crippen molar-refractivity contribution in [2.45, 2.75) is 13.5 Å². The van der Waals surface area contributed by atoms with Gasteiger partial charge in [-0.05, 0) is 41.1 Å². The largest absolute Gasteiger partial charge is 0.487 e. The van der Waals surface area contributed by atoms with Crippen LogP contribution < -0.4 is 4.74 Å². The highest BCUT2D eigenvalue weighted by atomic mass is 79.9. The molecule has 0 aliphatic rings. The van der Waals surface area contributed by atoms with Gasteiger partial charge in [-0.1, -0.05) is 0 Å². The Morgan fingerprint density at radius 1 is 1.50 bits per heavy atom. The first-order valence-electron chi connectivity index (χ1n) is 4.64. The maximum absolute atomic E-state index is 12.8. The molecule has 0 bridgehead atoms. The van der Waals surface area contributed by atoms with E-state index in [1.807, 2.05) is 6.92 Å². The van der Waals surface area contributed by atoms with Gasteiger partial charge in [0.2, 0.25) is 0 Å².